The van der Waals surface area contributed by atoms with E-state index in [4.69, 9.17) is 4.99 Å². The van der Waals surface area contributed by atoms with Crippen molar-refractivity contribution in [3.63, 3.8) is 0 Å². The fourth-order valence-electron chi connectivity index (χ4n) is 7.45. The van der Waals surface area contributed by atoms with Gasteiger partial charge in [0, 0.05) is 17.5 Å². The fourth-order valence-corrected chi connectivity index (χ4v) is 7.45. The highest BCUT2D eigenvalue weighted by Gasteiger charge is 2.65. The number of hydrogen-bond acceptors (Lipinski definition) is 3. The lowest BCUT2D eigenvalue weighted by atomic mass is 9.52. The molecule has 192 valence electrons. The molecule has 11 rings (SSSR count). The maximum Gasteiger partial charge on any atom is 0.239 e. The molecule has 40 heavy (non-hydrogen) atoms. The predicted molar refractivity (Wildman–Crippen MR) is 158 cm³/mol. The lowest BCUT2D eigenvalue weighted by molar-refractivity contribution is -0.122. The van der Waals surface area contributed by atoms with Gasteiger partial charge in [0.1, 0.15) is 0 Å². The summed E-state index contributed by atoms with van der Waals surface area (Å²) in [6.07, 6.45) is 1.95. The molecule has 4 nitrogen and oxygen atoms in total. The Kier molecular flexibility index (Phi) is 4.81. The van der Waals surface area contributed by atoms with Crippen molar-refractivity contribution in [3.05, 3.63) is 143 Å². The number of benzene rings is 5. The van der Waals surface area contributed by atoms with E-state index in [0.717, 1.165) is 44.3 Å². The van der Waals surface area contributed by atoms with Crippen LogP contribution in [0, 0.1) is 18.8 Å². The number of hydrogen-bond donors (Lipinski definition) is 0. The summed E-state index contributed by atoms with van der Waals surface area (Å²) in [5, 5.41) is 1.90. The van der Waals surface area contributed by atoms with Gasteiger partial charge < -0.3 is 0 Å². The van der Waals surface area contributed by atoms with Crippen LogP contribution in [0.2, 0.25) is 0 Å². The second kappa shape index (κ2) is 8.33. The predicted octanol–water partition coefficient (Wildman–Crippen LogP) is 7.10. The first-order valence-electron chi connectivity index (χ1n) is 13.8. The average Bonchev–Trinajstić information content (AvgIpc) is 3.23. The molecular weight excluding hydrogens is 492 g/mol. The van der Waals surface area contributed by atoms with Gasteiger partial charge in [0.05, 0.1) is 28.6 Å². The molecule has 1 fully saturated rings. The quantitative estimate of drug-likeness (QED) is 0.189. The summed E-state index contributed by atoms with van der Waals surface area (Å²) in [5.41, 5.74) is 5.90. The van der Waals surface area contributed by atoms with E-state index >= 15 is 0 Å². The number of imide groups is 1. The molecule has 0 spiro atoms. The SMILES string of the molecule is Cc1cccc(N=C[C@@]23c4ccc(cc4)[C@@H](c4ccccc42)[C@H]2C(=O)N(c4cccc5ccccc45)C(=O)[C@H]23)c1. The molecule has 0 saturated carbocycles. The zero-order valence-electron chi connectivity index (χ0n) is 22.0. The van der Waals surface area contributed by atoms with Gasteiger partial charge in [-0.05, 0) is 58.3 Å². The molecule has 4 heteroatoms. The first kappa shape index (κ1) is 23.1. The number of aliphatic imine (C=N–C) groups is 1. The lowest BCUT2D eigenvalue weighted by Gasteiger charge is -2.48. The highest BCUT2D eigenvalue weighted by Crippen LogP contribution is 2.60. The summed E-state index contributed by atoms with van der Waals surface area (Å²) in [6.45, 7) is 2.05. The fraction of sp³-hybridized carbons (Fsp3) is 0.139. The highest BCUT2D eigenvalue weighted by molar-refractivity contribution is 6.27. The van der Waals surface area contributed by atoms with Crippen LogP contribution in [0.3, 0.4) is 0 Å². The summed E-state index contributed by atoms with van der Waals surface area (Å²) in [5.74, 6) is -1.67. The van der Waals surface area contributed by atoms with E-state index in [1.165, 1.54) is 4.90 Å². The molecule has 0 unspecified atom stereocenters. The summed E-state index contributed by atoms with van der Waals surface area (Å²) < 4.78 is 0. The number of nitrogens with zero attached hydrogens (tertiary/aromatic N) is 2. The summed E-state index contributed by atoms with van der Waals surface area (Å²) in [6, 6.07) is 38.6. The second-order valence-corrected chi connectivity index (χ2v) is 11.2. The Balaban J connectivity index is 1.41. The van der Waals surface area contributed by atoms with Crippen molar-refractivity contribution >= 4 is 40.2 Å². The zero-order valence-corrected chi connectivity index (χ0v) is 22.0. The van der Waals surface area contributed by atoms with Gasteiger partial charge in [0.15, 0.2) is 0 Å². The van der Waals surface area contributed by atoms with Gasteiger partial charge >= 0.3 is 0 Å². The molecular formula is C36H26N2O2. The Bertz CT molecular complexity index is 1880. The summed E-state index contributed by atoms with van der Waals surface area (Å²) in [4.78, 5) is 35.8. The molecule has 4 bridgehead atoms. The first-order valence-corrected chi connectivity index (χ1v) is 13.8. The zero-order chi connectivity index (χ0) is 27.0. The van der Waals surface area contributed by atoms with Crippen molar-refractivity contribution in [3.8, 4) is 0 Å². The van der Waals surface area contributed by atoms with Gasteiger partial charge in [-0.1, -0.05) is 97.1 Å². The van der Waals surface area contributed by atoms with Crippen LogP contribution in [0.1, 0.15) is 33.7 Å². The molecule has 0 N–H and O–H groups in total. The van der Waals surface area contributed by atoms with Crippen molar-refractivity contribution in [1.82, 2.24) is 0 Å². The Morgan fingerprint density at radius 2 is 1.52 bits per heavy atom. The average molecular weight is 519 g/mol. The standard InChI is InChI=1S/C36H26N2O2/c1-22-8-6-11-26(20-22)37-21-36-25-18-16-24(17-19-25)31(28-13-4-5-14-29(28)36)32-33(36)35(40)38(34(32)39)30-15-7-10-23-9-2-3-12-27(23)30/h2-21,31-33H,1H3/t31-,32+,33-,36+/m0/s1. The van der Waals surface area contributed by atoms with Gasteiger partial charge in [-0.3, -0.25) is 14.6 Å². The summed E-state index contributed by atoms with van der Waals surface area (Å²) in [7, 11) is 0. The molecule has 5 aliphatic carbocycles. The van der Waals surface area contributed by atoms with Crippen LogP contribution in [0.15, 0.2) is 120 Å². The molecule has 1 aliphatic heterocycles. The van der Waals surface area contributed by atoms with Crippen LogP contribution in [0.4, 0.5) is 11.4 Å². The third-order valence-electron chi connectivity index (χ3n) is 9.12. The Morgan fingerprint density at radius 3 is 2.38 bits per heavy atom. The van der Waals surface area contributed by atoms with E-state index in [1.54, 1.807) is 0 Å². The number of rotatable bonds is 3. The lowest BCUT2D eigenvalue weighted by Crippen LogP contribution is -2.51. The number of carbonyl (C=O) groups excluding carboxylic acids is 2. The van der Waals surface area contributed by atoms with Gasteiger partial charge in [-0.15, -0.1) is 0 Å². The van der Waals surface area contributed by atoms with Gasteiger partial charge in [0.2, 0.25) is 11.8 Å². The highest BCUT2D eigenvalue weighted by atomic mass is 16.2. The molecule has 5 aromatic rings. The second-order valence-electron chi connectivity index (χ2n) is 11.2. The number of carbonyl (C=O) groups is 2. The van der Waals surface area contributed by atoms with Crippen LogP contribution >= 0.6 is 0 Å². The third kappa shape index (κ3) is 2.99. The van der Waals surface area contributed by atoms with E-state index < -0.39 is 17.3 Å². The van der Waals surface area contributed by atoms with Gasteiger partial charge in [-0.2, -0.15) is 0 Å². The van der Waals surface area contributed by atoms with Crippen LogP contribution in [-0.2, 0) is 15.0 Å². The number of anilines is 1. The molecule has 1 saturated heterocycles. The first-order chi connectivity index (χ1) is 19.6. The van der Waals surface area contributed by atoms with E-state index in [2.05, 4.69) is 36.4 Å². The maximum atomic E-state index is 14.8. The normalized spacial score (nSPS) is 24.4. The smallest absolute Gasteiger partial charge is 0.239 e. The van der Waals surface area contributed by atoms with Crippen molar-refractivity contribution in [1.29, 1.82) is 0 Å². The molecule has 0 radical (unpaired) electrons. The van der Waals surface area contributed by atoms with E-state index in [0.29, 0.717) is 5.69 Å². The van der Waals surface area contributed by atoms with Crippen LogP contribution in [0.5, 0.6) is 0 Å². The van der Waals surface area contributed by atoms with E-state index in [-0.39, 0.29) is 17.7 Å². The minimum atomic E-state index is -0.896. The van der Waals surface area contributed by atoms with Crippen LogP contribution in [-0.4, -0.2) is 18.0 Å². The Labute approximate surface area is 232 Å². The summed E-state index contributed by atoms with van der Waals surface area (Å²) >= 11 is 0. The monoisotopic (exact) mass is 518 g/mol. The third-order valence-corrected chi connectivity index (χ3v) is 9.12. The van der Waals surface area contributed by atoms with Crippen LogP contribution < -0.4 is 4.90 Å². The minimum absolute atomic E-state index is 0.137. The Morgan fingerprint density at radius 1 is 0.775 bits per heavy atom. The van der Waals surface area contributed by atoms with Crippen molar-refractivity contribution < 1.29 is 9.59 Å². The van der Waals surface area contributed by atoms with Crippen LogP contribution in [0.25, 0.3) is 10.8 Å². The molecule has 2 amide bonds. The topological polar surface area (TPSA) is 49.7 Å². The van der Waals surface area contributed by atoms with Gasteiger partial charge in [0.25, 0.3) is 0 Å². The number of amides is 2. The number of aryl methyl sites for hydroxylation is 1. The molecule has 6 aliphatic rings. The van der Waals surface area contributed by atoms with Crippen molar-refractivity contribution in [2.24, 2.45) is 16.8 Å². The van der Waals surface area contributed by atoms with Crippen molar-refractivity contribution in [2.45, 2.75) is 18.3 Å². The number of fused-ring (bicyclic) bond motifs is 1. The largest absolute Gasteiger partial charge is 0.274 e. The van der Waals surface area contributed by atoms with E-state index in [9.17, 15) is 9.59 Å². The van der Waals surface area contributed by atoms with Crippen molar-refractivity contribution in [2.75, 3.05) is 4.90 Å². The van der Waals surface area contributed by atoms with Gasteiger partial charge in [-0.25, -0.2) is 4.90 Å². The maximum absolute atomic E-state index is 14.8. The Hall–Kier alpha value is -4.83. The molecule has 1 heterocycles. The minimum Gasteiger partial charge on any atom is -0.274 e. The van der Waals surface area contributed by atoms with E-state index in [1.807, 2.05) is 92.0 Å². The molecule has 4 atom stereocenters. The molecule has 5 aromatic carbocycles. The molecule has 0 aromatic heterocycles.